The van der Waals surface area contributed by atoms with Crippen molar-refractivity contribution < 1.29 is 9.21 Å². The largest absolute Gasteiger partial charge is 0.444 e. The Morgan fingerprint density at radius 2 is 2.00 bits per heavy atom. The van der Waals surface area contributed by atoms with Crippen molar-refractivity contribution >= 4 is 5.91 Å². The first-order valence-electron chi connectivity index (χ1n) is 9.74. The van der Waals surface area contributed by atoms with E-state index < -0.39 is 0 Å². The van der Waals surface area contributed by atoms with E-state index in [0.29, 0.717) is 13.0 Å². The van der Waals surface area contributed by atoms with Gasteiger partial charge in [-0.25, -0.2) is 4.98 Å². The number of hydrogen-bond acceptors (Lipinski definition) is 5. The van der Waals surface area contributed by atoms with Crippen molar-refractivity contribution in [3.63, 3.8) is 0 Å². The molecule has 1 fully saturated rings. The second-order valence-electron chi connectivity index (χ2n) is 8.40. The molecule has 0 N–H and O–H groups in total. The molecule has 0 spiro atoms. The molecule has 1 saturated heterocycles. The lowest BCUT2D eigenvalue weighted by atomic mass is 9.94. The Labute approximate surface area is 161 Å². The van der Waals surface area contributed by atoms with E-state index in [2.05, 4.69) is 35.8 Å². The van der Waals surface area contributed by atoms with Gasteiger partial charge in [0.1, 0.15) is 5.76 Å². The van der Waals surface area contributed by atoms with E-state index in [1.165, 1.54) is 0 Å². The van der Waals surface area contributed by atoms with Crippen LogP contribution in [0.5, 0.6) is 0 Å². The van der Waals surface area contributed by atoms with Gasteiger partial charge in [-0.15, -0.1) is 0 Å². The van der Waals surface area contributed by atoms with Gasteiger partial charge in [-0.3, -0.25) is 14.4 Å². The SMILES string of the molecule is Cn1cc(CCC(=O)N2CCCN(Cc3ncc(C(C)(C)C)o3)CC2)cn1. The Hall–Kier alpha value is -2.15. The van der Waals surface area contributed by atoms with Crippen molar-refractivity contribution in [2.24, 2.45) is 7.05 Å². The molecule has 1 amide bonds. The third-order valence-corrected chi connectivity index (χ3v) is 4.98. The van der Waals surface area contributed by atoms with Crippen LogP contribution in [0, 0.1) is 0 Å². The molecule has 0 saturated carbocycles. The first-order chi connectivity index (χ1) is 12.8. The summed E-state index contributed by atoms with van der Waals surface area (Å²) in [5.41, 5.74) is 1.09. The van der Waals surface area contributed by atoms with Gasteiger partial charge < -0.3 is 9.32 Å². The Balaban J connectivity index is 1.48. The zero-order chi connectivity index (χ0) is 19.4. The van der Waals surface area contributed by atoms with E-state index in [1.807, 2.05) is 30.5 Å². The number of oxazole rings is 1. The quantitative estimate of drug-likeness (QED) is 0.805. The highest BCUT2D eigenvalue weighted by atomic mass is 16.4. The molecule has 0 bridgehead atoms. The fourth-order valence-electron chi connectivity index (χ4n) is 3.31. The van der Waals surface area contributed by atoms with E-state index in [0.717, 1.165) is 56.2 Å². The lowest BCUT2D eigenvalue weighted by Crippen LogP contribution is -2.35. The molecule has 7 heteroatoms. The zero-order valence-corrected chi connectivity index (χ0v) is 16.9. The highest BCUT2D eigenvalue weighted by Gasteiger charge is 2.22. The fraction of sp³-hybridized carbons (Fsp3) is 0.650. The zero-order valence-electron chi connectivity index (χ0n) is 16.9. The molecule has 0 radical (unpaired) electrons. The van der Waals surface area contributed by atoms with Crippen molar-refractivity contribution in [3.8, 4) is 0 Å². The Bertz CT molecular complexity index is 759. The van der Waals surface area contributed by atoms with Crippen LogP contribution in [0.4, 0.5) is 0 Å². The minimum absolute atomic E-state index is 0.0263. The number of amides is 1. The topological polar surface area (TPSA) is 67.4 Å². The van der Waals surface area contributed by atoms with Crippen molar-refractivity contribution in [1.82, 2.24) is 24.6 Å². The van der Waals surface area contributed by atoms with Crippen molar-refractivity contribution in [1.29, 1.82) is 0 Å². The van der Waals surface area contributed by atoms with E-state index in [1.54, 1.807) is 4.68 Å². The fourth-order valence-corrected chi connectivity index (χ4v) is 3.31. The van der Waals surface area contributed by atoms with Gasteiger partial charge in [0.2, 0.25) is 11.8 Å². The minimum atomic E-state index is -0.0263. The maximum Gasteiger partial charge on any atom is 0.222 e. The molecular formula is C20H31N5O2. The summed E-state index contributed by atoms with van der Waals surface area (Å²) in [7, 11) is 1.90. The normalized spacial score (nSPS) is 16.5. The van der Waals surface area contributed by atoms with Crippen LogP contribution in [0.2, 0.25) is 0 Å². The Morgan fingerprint density at radius 3 is 2.67 bits per heavy atom. The summed E-state index contributed by atoms with van der Waals surface area (Å²) in [4.78, 5) is 21.3. The number of hydrogen-bond donors (Lipinski definition) is 0. The van der Waals surface area contributed by atoms with E-state index >= 15 is 0 Å². The second kappa shape index (κ2) is 8.25. The molecule has 0 aromatic carbocycles. The molecule has 0 atom stereocenters. The van der Waals surface area contributed by atoms with Crippen LogP contribution in [0.3, 0.4) is 0 Å². The van der Waals surface area contributed by atoms with Gasteiger partial charge in [-0.2, -0.15) is 5.10 Å². The molecule has 3 rings (SSSR count). The molecule has 2 aromatic heterocycles. The smallest absolute Gasteiger partial charge is 0.222 e. The van der Waals surface area contributed by atoms with Crippen LogP contribution in [0.1, 0.15) is 50.8 Å². The Kier molecular flexibility index (Phi) is 5.99. The molecule has 2 aromatic rings. The Morgan fingerprint density at radius 1 is 1.19 bits per heavy atom. The highest BCUT2D eigenvalue weighted by Crippen LogP contribution is 2.23. The lowest BCUT2D eigenvalue weighted by molar-refractivity contribution is -0.131. The van der Waals surface area contributed by atoms with Crippen LogP contribution < -0.4 is 0 Å². The van der Waals surface area contributed by atoms with E-state index in [4.69, 9.17) is 4.42 Å². The number of carbonyl (C=O) groups is 1. The summed E-state index contributed by atoms with van der Waals surface area (Å²) in [6, 6.07) is 0. The maximum absolute atomic E-state index is 12.6. The summed E-state index contributed by atoms with van der Waals surface area (Å²) in [5.74, 6) is 1.91. The van der Waals surface area contributed by atoms with Crippen molar-refractivity contribution in [2.75, 3.05) is 26.2 Å². The third-order valence-electron chi connectivity index (χ3n) is 4.98. The summed E-state index contributed by atoms with van der Waals surface area (Å²) in [6.07, 6.45) is 7.91. The monoisotopic (exact) mass is 373 g/mol. The average molecular weight is 374 g/mol. The molecule has 148 valence electrons. The maximum atomic E-state index is 12.6. The molecule has 0 aliphatic carbocycles. The highest BCUT2D eigenvalue weighted by molar-refractivity contribution is 5.76. The predicted molar refractivity (Wildman–Crippen MR) is 103 cm³/mol. The van der Waals surface area contributed by atoms with E-state index in [9.17, 15) is 4.79 Å². The summed E-state index contributed by atoms with van der Waals surface area (Å²) < 4.78 is 7.69. The minimum Gasteiger partial charge on any atom is -0.444 e. The average Bonchev–Trinajstić information content (AvgIpc) is 3.17. The molecular weight excluding hydrogens is 342 g/mol. The van der Waals surface area contributed by atoms with Crippen LogP contribution in [0.25, 0.3) is 0 Å². The van der Waals surface area contributed by atoms with Crippen LogP contribution >= 0.6 is 0 Å². The summed E-state index contributed by atoms with van der Waals surface area (Å²) >= 11 is 0. The number of aromatic nitrogens is 3. The molecule has 27 heavy (non-hydrogen) atoms. The molecule has 3 heterocycles. The molecule has 1 aliphatic heterocycles. The first kappa shape index (κ1) is 19.6. The van der Waals surface area contributed by atoms with Gasteiger partial charge in [-0.1, -0.05) is 20.8 Å². The number of carbonyl (C=O) groups excluding carboxylic acids is 1. The van der Waals surface area contributed by atoms with Gasteiger partial charge in [0.15, 0.2) is 0 Å². The second-order valence-corrected chi connectivity index (χ2v) is 8.40. The predicted octanol–water partition coefficient (Wildman–Crippen LogP) is 2.37. The van der Waals surface area contributed by atoms with Gasteiger partial charge in [0, 0.05) is 51.3 Å². The molecule has 0 unspecified atom stereocenters. The third kappa shape index (κ3) is 5.42. The summed E-state index contributed by atoms with van der Waals surface area (Å²) in [5, 5.41) is 4.16. The number of nitrogens with zero attached hydrogens (tertiary/aromatic N) is 5. The van der Waals surface area contributed by atoms with Gasteiger partial charge in [-0.05, 0) is 18.4 Å². The van der Waals surface area contributed by atoms with Gasteiger partial charge >= 0.3 is 0 Å². The van der Waals surface area contributed by atoms with Gasteiger partial charge in [0.05, 0.1) is 18.9 Å². The lowest BCUT2D eigenvalue weighted by Gasteiger charge is -2.21. The summed E-state index contributed by atoms with van der Waals surface area (Å²) in [6.45, 7) is 10.5. The molecule has 1 aliphatic rings. The first-order valence-corrected chi connectivity index (χ1v) is 9.74. The number of rotatable bonds is 5. The standard InChI is InChI=1S/C20H31N5O2/c1-20(2,3)17-13-21-18(27-17)15-24-8-5-9-25(11-10-24)19(26)7-6-16-12-22-23(4)14-16/h12-14H,5-11,15H2,1-4H3. The van der Waals surface area contributed by atoms with Crippen molar-refractivity contribution in [3.05, 3.63) is 35.8 Å². The van der Waals surface area contributed by atoms with Crippen LogP contribution in [-0.2, 0) is 30.2 Å². The number of aryl methyl sites for hydroxylation is 2. The molecule has 7 nitrogen and oxygen atoms in total. The van der Waals surface area contributed by atoms with Crippen LogP contribution in [0.15, 0.2) is 23.0 Å². The van der Waals surface area contributed by atoms with Crippen LogP contribution in [-0.4, -0.2) is 56.7 Å². The van der Waals surface area contributed by atoms with Gasteiger partial charge in [0.25, 0.3) is 0 Å². The van der Waals surface area contributed by atoms with Crippen molar-refractivity contribution in [2.45, 2.75) is 52.0 Å². The van der Waals surface area contributed by atoms with E-state index in [-0.39, 0.29) is 11.3 Å².